The van der Waals surface area contributed by atoms with Crippen LogP contribution in [0.1, 0.15) is 11.1 Å². The minimum absolute atomic E-state index is 0.167. The second-order valence-electron chi connectivity index (χ2n) is 6.77. The molecule has 0 saturated heterocycles. The summed E-state index contributed by atoms with van der Waals surface area (Å²) in [5.41, 5.74) is 3.21. The number of aliphatic imine (C=N–C) groups is 1. The lowest BCUT2D eigenvalue weighted by molar-refractivity contribution is 0.598. The third kappa shape index (κ3) is 3.15. The molecular weight excluding hydrogens is 380 g/mol. The molecule has 0 aliphatic carbocycles. The second kappa shape index (κ2) is 6.79. The van der Waals surface area contributed by atoms with Crippen molar-refractivity contribution in [1.82, 2.24) is 0 Å². The molecule has 29 heavy (non-hydrogen) atoms. The Bertz CT molecular complexity index is 1410. The van der Waals surface area contributed by atoms with E-state index < -0.39 is 10.0 Å². The van der Waals surface area contributed by atoms with Crippen LogP contribution >= 0.6 is 0 Å². The fourth-order valence-corrected chi connectivity index (χ4v) is 4.51. The largest absolute Gasteiger partial charge is 0.282 e. The first kappa shape index (κ1) is 17.5. The van der Waals surface area contributed by atoms with E-state index in [0.717, 1.165) is 27.6 Å². The predicted molar refractivity (Wildman–Crippen MR) is 117 cm³/mol. The van der Waals surface area contributed by atoms with Gasteiger partial charge in [-0.1, -0.05) is 78.9 Å². The van der Waals surface area contributed by atoms with E-state index in [-0.39, 0.29) is 4.90 Å². The molecule has 4 aromatic rings. The maximum atomic E-state index is 13.2. The zero-order valence-corrected chi connectivity index (χ0v) is 16.2. The van der Waals surface area contributed by atoms with Crippen LogP contribution in [0.5, 0.6) is 0 Å². The molecule has 0 amide bonds. The van der Waals surface area contributed by atoms with Crippen molar-refractivity contribution in [1.29, 1.82) is 0 Å². The van der Waals surface area contributed by atoms with Crippen LogP contribution in [0.2, 0.25) is 0 Å². The number of nitrogens with zero attached hydrogens (tertiary/aromatic N) is 2. The van der Waals surface area contributed by atoms with Gasteiger partial charge in [-0.3, -0.25) is 0 Å². The number of hydrogen-bond acceptors (Lipinski definition) is 3. The molecule has 4 aromatic carbocycles. The van der Waals surface area contributed by atoms with Crippen LogP contribution in [0, 0.1) is 0 Å². The lowest BCUT2D eigenvalue weighted by atomic mass is 10.0. The lowest BCUT2D eigenvalue weighted by Crippen LogP contribution is -2.15. The summed E-state index contributed by atoms with van der Waals surface area (Å²) in [4.78, 5) is 4.82. The van der Waals surface area contributed by atoms with E-state index in [1.165, 1.54) is 0 Å². The normalized spacial score (nSPS) is 14.8. The van der Waals surface area contributed by atoms with Gasteiger partial charge in [0.1, 0.15) is 5.71 Å². The second-order valence-corrected chi connectivity index (χ2v) is 8.37. The highest BCUT2D eigenvalue weighted by molar-refractivity contribution is 7.90. The Morgan fingerprint density at radius 2 is 1.38 bits per heavy atom. The molecule has 5 heteroatoms. The summed E-state index contributed by atoms with van der Waals surface area (Å²) in [6.45, 7) is 0. The molecule has 1 aliphatic rings. The number of fused-ring (bicyclic) bond motifs is 2. The number of rotatable bonds is 3. The van der Waals surface area contributed by atoms with E-state index in [1.54, 1.807) is 18.2 Å². The van der Waals surface area contributed by atoms with Crippen LogP contribution in [-0.4, -0.2) is 19.8 Å². The van der Waals surface area contributed by atoms with Gasteiger partial charge >= 0.3 is 0 Å². The molecule has 1 aliphatic heterocycles. The van der Waals surface area contributed by atoms with Crippen molar-refractivity contribution in [3.63, 3.8) is 0 Å². The van der Waals surface area contributed by atoms with Gasteiger partial charge in [0.15, 0.2) is 0 Å². The maximum Gasteiger partial charge on any atom is 0.282 e. The molecule has 0 atom stereocenters. The fourth-order valence-electron chi connectivity index (χ4n) is 3.46. The van der Waals surface area contributed by atoms with Crippen molar-refractivity contribution in [2.75, 3.05) is 0 Å². The third-order valence-corrected chi connectivity index (χ3v) is 6.17. The first-order chi connectivity index (χ1) is 14.1. The van der Waals surface area contributed by atoms with E-state index >= 15 is 0 Å². The Morgan fingerprint density at radius 1 is 0.690 bits per heavy atom. The molecule has 0 radical (unpaired) electrons. The Kier molecular flexibility index (Phi) is 4.11. The summed E-state index contributed by atoms with van der Waals surface area (Å²) in [6, 6.07) is 29.7. The average Bonchev–Trinajstić information content (AvgIpc) is 3.12. The van der Waals surface area contributed by atoms with E-state index in [2.05, 4.69) is 9.39 Å². The third-order valence-electron chi connectivity index (χ3n) is 4.89. The highest BCUT2D eigenvalue weighted by Crippen LogP contribution is 2.31. The fraction of sp³-hybridized carbons (Fsp3) is 0. The first-order valence-electron chi connectivity index (χ1n) is 9.19. The van der Waals surface area contributed by atoms with Crippen molar-refractivity contribution >= 4 is 37.9 Å². The van der Waals surface area contributed by atoms with E-state index in [0.29, 0.717) is 11.4 Å². The molecule has 4 nitrogen and oxygen atoms in total. The summed E-state index contributed by atoms with van der Waals surface area (Å²) in [5.74, 6) is 0. The minimum atomic E-state index is -3.91. The molecule has 0 spiro atoms. The number of para-hydroxylation sites is 1. The Hall–Kier alpha value is -3.57. The molecule has 0 aromatic heterocycles. The van der Waals surface area contributed by atoms with Gasteiger partial charge in [-0.15, -0.1) is 0 Å². The monoisotopic (exact) mass is 396 g/mol. The average molecular weight is 396 g/mol. The zero-order valence-electron chi connectivity index (χ0n) is 15.4. The van der Waals surface area contributed by atoms with E-state index in [4.69, 9.17) is 0 Å². The number of benzene rings is 4. The molecular formula is C24H16N2O2S. The Balaban J connectivity index is 1.67. The van der Waals surface area contributed by atoms with Crippen molar-refractivity contribution < 1.29 is 8.42 Å². The smallest absolute Gasteiger partial charge is 0.245 e. The predicted octanol–water partition coefficient (Wildman–Crippen LogP) is 5.15. The summed E-state index contributed by atoms with van der Waals surface area (Å²) < 4.78 is 30.6. The summed E-state index contributed by atoms with van der Waals surface area (Å²) in [6.07, 6.45) is 0. The van der Waals surface area contributed by atoms with Gasteiger partial charge in [0.2, 0.25) is 0 Å². The van der Waals surface area contributed by atoms with Crippen molar-refractivity contribution in [2.24, 2.45) is 9.39 Å². The maximum absolute atomic E-state index is 13.2. The molecule has 0 unspecified atom stereocenters. The van der Waals surface area contributed by atoms with Crippen LogP contribution < -0.4 is 0 Å². The first-order valence-corrected chi connectivity index (χ1v) is 10.6. The van der Waals surface area contributed by atoms with Crippen molar-refractivity contribution in [3.05, 3.63) is 108 Å². The van der Waals surface area contributed by atoms with E-state index in [9.17, 15) is 8.42 Å². The van der Waals surface area contributed by atoms with Crippen LogP contribution in [-0.2, 0) is 10.0 Å². The lowest BCUT2D eigenvalue weighted by Gasteiger charge is -2.06. The van der Waals surface area contributed by atoms with Crippen LogP contribution in [0.25, 0.3) is 10.8 Å². The highest BCUT2D eigenvalue weighted by atomic mass is 32.2. The van der Waals surface area contributed by atoms with Gasteiger partial charge in [0.05, 0.1) is 16.3 Å². The van der Waals surface area contributed by atoms with Gasteiger partial charge in [0, 0.05) is 11.1 Å². The number of sulfonamides is 1. The molecule has 0 fully saturated rings. The molecule has 5 rings (SSSR count). The van der Waals surface area contributed by atoms with Gasteiger partial charge in [-0.25, -0.2) is 4.99 Å². The Labute approximate surface area is 169 Å². The summed E-state index contributed by atoms with van der Waals surface area (Å²) in [5, 5.41) is 1.84. The minimum Gasteiger partial charge on any atom is -0.245 e. The van der Waals surface area contributed by atoms with Crippen molar-refractivity contribution in [2.45, 2.75) is 4.90 Å². The summed E-state index contributed by atoms with van der Waals surface area (Å²) in [7, 11) is -3.91. The van der Waals surface area contributed by atoms with Crippen molar-refractivity contribution in [3.8, 4) is 0 Å². The molecule has 1 heterocycles. The van der Waals surface area contributed by atoms with Gasteiger partial charge < -0.3 is 0 Å². The van der Waals surface area contributed by atoms with E-state index in [1.807, 2.05) is 78.9 Å². The highest BCUT2D eigenvalue weighted by Gasteiger charge is 2.26. The van der Waals surface area contributed by atoms with Gasteiger partial charge in [0.25, 0.3) is 10.0 Å². The molecule has 0 saturated carbocycles. The van der Waals surface area contributed by atoms with Gasteiger partial charge in [-0.2, -0.15) is 12.8 Å². The molecule has 140 valence electrons. The van der Waals surface area contributed by atoms with Crippen LogP contribution in [0.3, 0.4) is 0 Å². The Morgan fingerprint density at radius 3 is 2.21 bits per heavy atom. The summed E-state index contributed by atoms with van der Waals surface area (Å²) >= 11 is 0. The zero-order chi connectivity index (χ0) is 19.8. The molecule has 0 bridgehead atoms. The van der Waals surface area contributed by atoms with Crippen LogP contribution in [0.15, 0.2) is 111 Å². The quantitative estimate of drug-likeness (QED) is 0.481. The van der Waals surface area contributed by atoms with Crippen LogP contribution in [0.4, 0.5) is 5.69 Å². The molecule has 0 N–H and O–H groups in total. The number of hydrogen-bond donors (Lipinski definition) is 0. The topological polar surface area (TPSA) is 58.9 Å². The standard InChI is InChI=1S/C24H16N2O2S/c27-29(28,20-15-14-17-8-4-5-11-19(17)16-20)26-24-21-12-6-7-13-22(21)25-23(24)18-9-2-1-3-10-18/h1-16H/b26-24+. The SMILES string of the molecule is O=S(=O)(/N=C1/C(c2ccccc2)=Nc2ccccc21)c1ccc2ccccc2c1. The van der Waals surface area contributed by atoms with Gasteiger partial charge in [-0.05, 0) is 29.0 Å².